The van der Waals surface area contributed by atoms with E-state index in [9.17, 15) is 53.1 Å². The molecule has 0 saturated carbocycles. The maximum Gasteiger partial charge on any atom is 0.442 e. The van der Waals surface area contributed by atoms with E-state index in [2.05, 4.69) is 14.3 Å². The molecule has 0 aliphatic rings. The van der Waals surface area contributed by atoms with Crippen LogP contribution in [0.2, 0.25) is 5.02 Å². The van der Waals surface area contributed by atoms with E-state index in [1.54, 1.807) is 0 Å². The molecule has 1 atom stereocenters. The van der Waals surface area contributed by atoms with Crippen LogP contribution in [0, 0.1) is 11.6 Å². The summed E-state index contributed by atoms with van der Waals surface area (Å²) in [5.41, 5.74) is -4.38. The highest BCUT2D eigenvalue weighted by atomic mass is 35.5. The van der Waals surface area contributed by atoms with Gasteiger partial charge in [-0.15, -0.1) is 5.10 Å². The zero-order valence-corrected chi connectivity index (χ0v) is 16.9. The van der Waals surface area contributed by atoms with Crippen molar-refractivity contribution in [3.05, 3.63) is 63.1 Å². The van der Waals surface area contributed by atoms with E-state index < -0.39 is 75.5 Å². The van der Waals surface area contributed by atoms with Crippen molar-refractivity contribution in [2.24, 2.45) is 0 Å². The first-order valence-corrected chi connectivity index (χ1v) is 9.05. The van der Waals surface area contributed by atoms with Crippen molar-refractivity contribution in [3.63, 3.8) is 0 Å². The second kappa shape index (κ2) is 8.73. The number of benzene rings is 2. The topological polar surface area (TPSA) is 57.3 Å². The third kappa shape index (κ3) is 5.06. The fourth-order valence-electron chi connectivity index (χ4n) is 2.68. The lowest BCUT2D eigenvalue weighted by Gasteiger charge is -2.25. The second-order valence-corrected chi connectivity index (χ2v) is 6.90. The van der Waals surface area contributed by atoms with Crippen LogP contribution < -0.4 is 10.5 Å². The molecule has 190 valence electrons. The van der Waals surface area contributed by atoms with Gasteiger partial charge in [-0.05, 0) is 24.3 Å². The summed E-state index contributed by atoms with van der Waals surface area (Å²) >= 11 is 5.57. The minimum atomic E-state index is -6.20. The molecule has 0 radical (unpaired) electrons. The molecule has 0 amide bonds. The molecule has 1 aromatic heterocycles. The zero-order valence-electron chi connectivity index (χ0n) is 16.1. The molecule has 0 aliphatic heterocycles. The molecule has 1 unspecified atom stereocenters. The van der Waals surface area contributed by atoms with Gasteiger partial charge in [0.15, 0.2) is 0 Å². The fourth-order valence-corrected chi connectivity index (χ4v) is 3.03. The number of hydrogen-bond acceptors (Lipinski definition) is 4. The van der Waals surface area contributed by atoms with Gasteiger partial charge in [0.1, 0.15) is 28.5 Å². The summed E-state index contributed by atoms with van der Waals surface area (Å²) in [6.07, 6.45) is -22.7. The normalized spacial score (nSPS) is 13.7. The Balaban J connectivity index is 2.16. The number of alkyl halides is 9. The van der Waals surface area contributed by atoms with Crippen LogP contribution in [0.4, 0.5) is 48.3 Å². The third-order valence-electron chi connectivity index (χ3n) is 4.15. The monoisotopic (exact) mass is 542 g/mol. The van der Waals surface area contributed by atoms with Crippen LogP contribution in [-0.4, -0.2) is 28.2 Å². The molecule has 3 aromatic rings. The number of halogens is 12. The molecule has 0 N–H and O–H groups in total. The Bertz CT molecular complexity index is 1290. The van der Waals surface area contributed by atoms with Crippen LogP contribution in [0.15, 0.2) is 39.5 Å². The van der Waals surface area contributed by atoms with E-state index in [1.165, 1.54) is 0 Å². The molecular weight excluding hydrogens is 537 g/mol. The maximum atomic E-state index is 13.9. The minimum Gasteiger partial charge on any atom is -0.429 e. The first-order chi connectivity index (χ1) is 15.9. The average molecular weight is 543 g/mol. The smallest absolute Gasteiger partial charge is 0.429 e. The van der Waals surface area contributed by atoms with Gasteiger partial charge in [-0.3, -0.25) is 0 Å². The SMILES string of the molecule is O=c1oc(-c2c(F)cccc2F)nn1-c1ccc(OC(F)(F)C(F)C(F)(F)F)c(C(F)(F)F)c1Cl. The van der Waals surface area contributed by atoms with Crippen molar-refractivity contribution in [2.75, 3.05) is 0 Å². The molecule has 0 aliphatic carbocycles. The first kappa shape index (κ1) is 26.3. The van der Waals surface area contributed by atoms with Gasteiger partial charge < -0.3 is 9.15 Å². The number of hydrogen-bond donors (Lipinski definition) is 0. The average Bonchev–Trinajstić information content (AvgIpc) is 3.06. The molecule has 5 nitrogen and oxygen atoms in total. The quantitative estimate of drug-likeness (QED) is 0.354. The Morgan fingerprint density at radius 2 is 1.54 bits per heavy atom. The molecule has 0 bridgehead atoms. The predicted octanol–water partition coefficient (Wildman–Crippen LogP) is 6.31. The van der Waals surface area contributed by atoms with Crippen LogP contribution in [0.1, 0.15) is 5.56 Å². The van der Waals surface area contributed by atoms with Gasteiger partial charge in [0.25, 0.3) is 12.1 Å². The number of nitrogens with zero attached hydrogens (tertiary/aromatic N) is 2. The van der Waals surface area contributed by atoms with Crippen molar-refractivity contribution in [1.29, 1.82) is 0 Å². The molecule has 1 heterocycles. The molecule has 0 spiro atoms. The summed E-state index contributed by atoms with van der Waals surface area (Å²) in [5.74, 6) is -7.28. The van der Waals surface area contributed by atoms with Crippen LogP contribution in [0.5, 0.6) is 5.75 Å². The van der Waals surface area contributed by atoms with E-state index in [4.69, 9.17) is 11.6 Å². The van der Waals surface area contributed by atoms with Crippen LogP contribution in [0.25, 0.3) is 17.1 Å². The Kier molecular flexibility index (Phi) is 6.56. The summed E-state index contributed by atoms with van der Waals surface area (Å²) in [6.45, 7) is 0. The molecule has 2 aromatic carbocycles. The van der Waals surface area contributed by atoms with Gasteiger partial charge in [-0.25, -0.2) is 18.0 Å². The summed E-state index contributed by atoms with van der Waals surface area (Å²) in [7, 11) is 0. The summed E-state index contributed by atoms with van der Waals surface area (Å²) < 4.78 is 153. The van der Waals surface area contributed by atoms with Crippen molar-refractivity contribution in [3.8, 4) is 22.9 Å². The predicted molar refractivity (Wildman–Crippen MR) is 94.0 cm³/mol. The van der Waals surface area contributed by atoms with E-state index in [1.807, 2.05) is 0 Å². The van der Waals surface area contributed by atoms with E-state index in [0.29, 0.717) is 6.07 Å². The Hall–Kier alpha value is -3.30. The van der Waals surface area contributed by atoms with E-state index >= 15 is 0 Å². The minimum absolute atomic E-state index is 0.00547. The van der Waals surface area contributed by atoms with Crippen molar-refractivity contribution in [2.45, 2.75) is 24.6 Å². The maximum absolute atomic E-state index is 13.9. The number of rotatable bonds is 5. The lowest BCUT2D eigenvalue weighted by Crippen LogP contribution is -2.46. The molecule has 0 saturated heterocycles. The lowest BCUT2D eigenvalue weighted by atomic mass is 10.1. The number of aromatic nitrogens is 2. The van der Waals surface area contributed by atoms with Crippen LogP contribution in [0.3, 0.4) is 0 Å². The zero-order chi connectivity index (χ0) is 26.5. The van der Waals surface area contributed by atoms with Crippen LogP contribution >= 0.6 is 11.6 Å². The Morgan fingerprint density at radius 1 is 0.971 bits per heavy atom. The largest absolute Gasteiger partial charge is 0.442 e. The number of ether oxygens (including phenoxy) is 1. The Morgan fingerprint density at radius 3 is 2.06 bits per heavy atom. The van der Waals surface area contributed by atoms with Crippen LogP contribution in [-0.2, 0) is 6.18 Å². The highest BCUT2D eigenvalue weighted by Gasteiger charge is 2.60. The molecule has 0 fully saturated rings. The van der Waals surface area contributed by atoms with Gasteiger partial charge in [0.2, 0.25) is 0 Å². The molecular formula is C18H6ClF11N2O3. The van der Waals surface area contributed by atoms with Gasteiger partial charge in [0.05, 0.1) is 10.7 Å². The highest BCUT2D eigenvalue weighted by molar-refractivity contribution is 6.33. The lowest BCUT2D eigenvalue weighted by molar-refractivity contribution is -0.305. The first-order valence-electron chi connectivity index (χ1n) is 8.67. The van der Waals surface area contributed by atoms with E-state index in [-0.39, 0.29) is 10.7 Å². The van der Waals surface area contributed by atoms with Gasteiger partial charge in [-0.1, -0.05) is 17.7 Å². The Labute approximate surface area is 190 Å². The second-order valence-electron chi connectivity index (χ2n) is 6.52. The summed E-state index contributed by atoms with van der Waals surface area (Å²) in [4.78, 5) is 12.1. The molecule has 35 heavy (non-hydrogen) atoms. The molecule has 17 heteroatoms. The highest BCUT2D eigenvalue weighted by Crippen LogP contribution is 2.46. The van der Waals surface area contributed by atoms with Crippen molar-refractivity contribution in [1.82, 2.24) is 9.78 Å². The van der Waals surface area contributed by atoms with Gasteiger partial charge >= 0.3 is 24.2 Å². The standard InChI is InChI=1S/C18H6ClF11N2O3/c19-12-8(32-15(33)34-13(31-32)10-6(20)2-1-3-7(10)21)4-5-9(11(12)16(23,24)25)35-18(29,30)14(22)17(26,27)28/h1-5,14H. The van der Waals surface area contributed by atoms with E-state index in [0.717, 1.165) is 18.2 Å². The van der Waals surface area contributed by atoms with Gasteiger partial charge in [0, 0.05) is 0 Å². The van der Waals surface area contributed by atoms with Crippen molar-refractivity contribution >= 4 is 11.6 Å². The van der Waals surface area contributed by atoms with Gasteiger partial charge in [-0.2, -0.15) is 39.8 Å². The molecule has 3 rings (SSSR count). The third-order valence-corrected chi connectivity index (χ3v) is 4.53. The fraction of sp³-hybridized carbons (Fsp3) is 0.222. The summed E-state index contributed by atoms with van der Waals surface area (Å²) in [5, 5.41) is 1.71. The summed E-state index contributed by atoms with van der Waals surface area (Å²) in [6, 6.07) is 2.76. The van der Waals surface area contributed by atoms with Crippen molar-refractivity contribution < 1.29 is 57.4 Å².